The first kappa shape index (κ1) is 23.1. The van der Waals surface area contributed by atoms with Crippen LogP contribution in [0.2, 0.25) is 5.02 Å². The lowest BCUT2D eigenvalue weighted by Gasteiger charge is -2.13. The number of nitrogens with one attached hydrogen (secondary N) is 3. The molecule has 164 valence electrons. The Labute approximate surface area is 169 Å². The van der Waals surface area contributed by atoms with Crippen LogP contribution >= 0.6 is 11.6 Å². The first-order chi connectivity index (χ1) is 13.9. The number of hydrazine groups is 1. The number of halogens is 7. The van der Waals surface area contributed by atoms with Gasteiger partial charge in [-0.25, -0.2) is 4.79 Å². The Hall–Kier alpha value is -3.16. The van der Waals surface area contributed by atoms with E-state index in [-0.39, 0.29) is 0 Å². The number of hydrogen-bond donors (Lipinski definition) is 3. The first-order valence-electron chi connectivity index (χ1n) is 7.76. The van der Waals surface area contributed by atoms with Gasteiger partial charge in [0.05, 0.1) is 11.8 Å². The maximum Gasteiger partial charge on any atom is 0.422 e. The fourth-order valence-electron chi connectivity index (χ4n) is 1.71. The molecule has 1 aromatic heterocycles. The average molecular weight is 460 g/mol. The molecule has 0 radical (unpaired) electrons. The van der Waals surface area contributed by atoms with Gasteiger partial charge in [-0.05, 0) is 24.3 Å². The molecule has 30 heavy (non-hydrogen) atoms. The molecule has 0 bridgehead atoms. The molecule has 0 aliphatic carbocycles. The van der Waals surface area contributed by atoms with Gasteiger partial charge in [0.25, 0.3) is 0 Å². The van der Waals surface area contributed by atoms with E-state index in [1.807, 2.05) is 5.32 Å². The summed E-state index contributed by atoms with van der Waals surface area (Å²) in [5, 5.41) is 2.46. The molecule has 0 atom stereocenters. The summed E-state index contributed by atoms with van der Waals surface area (Å²) in [5.74, 6) is -2.19. The lowest BCUT2D eigenvalue weighted by atomic mass is 10.3. The van der Waals surface area contributed by atoms with Crippen molar-refractivity contribution in [3.05, 3.63) is 35.4 Å². The molecular formula is C15H12ClF6N5O3. The van der Waals surface area contributed by atoms with E-state index in [4.69, 9.17) is 11.6 Å². The highest BCUT2D eigenvalue weighted by Gasteiger charge is 2.30. The quantitative estimate of drug-likeness (QED) is 0.425. The van der Waals surface area contributed by atoms with Crippen molar-refractivity contribution in [2.75, 3.05) is 24.0 Å². The van der Waals surface area contributed by atoms with Crippen molar-refractivity contribution in [2.45, 2.75) is 12.4 Å². The van der Waals surface area contributed by atoms with Gasteiger partial charge >= 0.3 is 18.4 Å². The van der Waals surface area contributed by atoms with E-state index in [1.54, 1.807) is 0 Å². The predicted molar refractivity (Wildman–Crippen MR) is 92.4 cm³/mol. The van der Waals surface area contributed by atoms with Gasteiger partial charge in [-0.1, -0.05) is 11.6 Å². The van der Waals surface area contributed by atoms with E-state index in [1.165, 1.54) is 24.3 Å². The largest absolute Gasteiger partial charge is 0.468 e. The minimum Gasteiger partial charge on any atom is -0.468 e. The molecule has 1 aromatic carbocycles. The Kier molecular flexibility index (Phi) is 7.37. The van der Waals surface area contributed by atoms with Crippen LogP contribution in [0.15, 0.2) is 30.3 Å². The number of ether oxygens (including phenoxy) is 2. The minimum atomic E-state index is -4.73. The van der Waals surface area contributed by atoms with Crippen molar-refractivity contribution in [1.29, 1.82) is 0 Å². The number of carbonyl (C=O) groups is 1. The SMILES string of the molecule is O=C(NNc1ccc(Cl)cc1)Nc1nc(OCC(F)(F)F)cc(OCC(F)(F)F)n1. The van der Waals surface area contributed by atoms with Crippen LogP contribution in [0.3, 0.4) is 0 Å². The number of carbonyl (C=O) groups excluding carboxylic acids is 1. The Morgan fingerprint density at radius 1 is 0.933 bits per heavy atom. The number of hydrogen-bond acceptors (Lipinski definition) is 6. The Bertz CT molecular complexity index is 827. The zero-order valence-corrected chi connectivity index (χ0v) is 15.3. The van der Waals surface area contributed by atoms with Crippen LogP contribution in [0.5, 0.6) is 11.8 Å². The molecule has 15 heteroatoms. The number of amides is 2. The predicted octanol–water partition coefficient (Wildman–Crippen LogP) is 4.16. The van der Waals surface area contributed by atoms with Crippen LogP contribution in [0.4, 0.5) is 42.8 Å². The van der Waals surface area contributed by atoms with Crippen molar-refractivity contribution >= 4 is 29.3 Å². The molecule has 1 heterocycles. The number of nitrogens with zero attached hydrogens (tertiary/aromatic N) is 2. The smallest absolute Gasteiger partial charge is 0.422 e. The average Bonchev–Trinajstić information content (AvgIpc) is 2.63. The number of anilines is 2. The van der Waals surface area contributed by atoms with E-state index >= 15 is 0 Å². The summed E-state index contributed by atoms with van der Waals surface area (Å²) >= 11 is 5.71. The van der Waals surface area contributed by atoms with Gasteiger partial charge in [0, 0.05) is 5.02 Å². The van der Waals surface area contributed by atoms with Gasteiger partial charge < -0.3 is 9.47 Å². The van der Waals surface area contributed by atoms with Gasteiger partial charge in [-0.2, -0.15) is 36.3 Å². The summed E-state index contributed by atoms with van der Waals surface area (Å²) in [5.41, 5.74) is 5.05. The van der Waals surface area contributed by atoms with Gasteiger partial charge in [-0.15, -0.1) is 0 Å². The molecule has 8 nitrogen and oxygen atoms in total. The highest BCUT2D eigenvalue weighted by atomic mass is 35.5. The fraction of sp³-hybridized carbons (Fsp3) is 0.267. The lowest BCUT2D eigenvalue weighted by molar-refractivity contribution is -0.154. The van der Waals surface area contributed by atoms with Crippen LogP contribution in [0.1, 0.15) is 0 Å². The second-order valence-electron chi connectivity index (χ2n) is 5.39. The molecule has 0 aliphatic heterocycles. The Balaban J connectivity index is 2.07. The molecular weight excluding hydrogens is 448 g/mol. The number of alkyl halides is 6. The van der Waals surface area contributed by atoms with E-state index < -0.39 is 49.3 Å². The molecule has 0 saturated heterocycles. The maximum absolute atomic E-state index is 12.3. The number of benzene rings is 1. The minimum absolute atomic E-state index is 0.423. The van der Waals surface area contributed by atoms with E-state index in [2.05, 4.69) is 30.3 Å². The molecule has 0 aliphatic rings. The summed E-state index contributed by atoms with van der Waals surface area (Å²) in [6.07, 6.45) is -9.46. The second kappa shape index (κ2) is 9.56. The normalized spacial score (nSPS) is 11.6. The van der Waals surface area contributed by atoms with Crippen LogP contribution in [-0.4, -0.2) is 41.6 Å². The third-order valence-electron chi connectivity index (χ3n) is 2.84. The highest BCUT2D eigenvalue weighted by Crippen LogP contribution is 2.23. The van der Waals surface area contributed by atoms with Crippen LogP contribution < -0.4 is 25.6 Å². The molecule has 3 N–H and O–H groups in total. The van der Waals surface area contributed by atoms with Gasteiger partial charge in [-0.3, -0.25) is 16.2 Å². The van der Waals surface area contributed by atoms with Gasteiger partial charge in [0.15, 0.2) is 13.2 Å². The summed E-state index contributed by atoms with van der Waals surface area (Å²) in [4.78, 5) is 18.8. The van der Waals surface area contributed by atoms with Crippen LogP contribution in [0, 0.1) is 0 Å². The third-order valence-corrected chi connectivity index (χ3v) is 3.09. The number of aromatic nitrogens is 2. The summed E-state index contributed by atoms with van der Waals surface area (Å²) in [6.45, 7) is -3.54. The topological polar surface area (TPSA) is 97.4 Å². The van der Waals surface area contributed by atoms with E-state index in [0.717, 1.165) is 0 Å². The zero-order chi connectivity index (χ0) is 22.4. The molecule has 0 spiro atoms. The van der Waals surface area contributed by atoms with Gasteiger partial charge in [0.1, 0.15) is 0 Å². The van der Waals surface area contributed by atoms with Crippen LogP contribution in [-0.2, 0) is 0 Å². The van der Waals surface area contributed by atoms with E-state index in [9.17, 15) is 31.1 Å². The van der Waals surface area contributed by atoms with Gasteiger partial charge in [0.2, 0.25) is 17.7 Å². The fourth-order valence-corrected chi connectivity index (χ4v) is 1.84. The molecule has 2 amide bonds. The zero-order valence-electron chi connectivity index (χ0n) is 14.6. The lowest BCUT2D eigenvalue weighted by Crippen LogP contribution is -2.34. The Morgan fingerprint density at radius 2 is 1.43 bits per heavy atom. The molecule has 0 fully saturated rings. The van der Waals surface area contributed by atoms with Crippen molar-refractivity contribution in [2.24, 2.45) is 0 Å². The summed E-state index contributed by atoms with van der Waals surface area (Å²) in [6, 6.07) is 5.73. The number of urea groups is 1. The van der Waals surface area contributed by atoms with Crippen molar-refractivity contribution in [1.82, 2.24) is 15.4 Å². The molecule has 2 aromatic rings. The van der Waals surface area contributed by atoms with Crippen molar-refractivity contribution in [3.63, 3.8) is 0 Å². The second-order valence-corrected chi connectivity index (χ2v) is 5.82. The molecule has 0 saturated carbocycles. The summed E-state index contributed by atoms with van der Waals surface area (Å²) < 4.78 is 82.5. The van der Waals surface area contributed by atoms with E-state index in [0.29, 0.717) is 16.8 Å². The highest BCUT2D eigenvalue weighted by molar-refractivity contribution is 6.30. The maximum atomic E-state index is 12.3. The number of rotatable bonds is 7. The molecule has 0 unspecified atom stereocenters. The first-order valence-corrected chi connectivity index (χ1v) is 8.14. The van der Waals surface area contributed by atoms with Crippen LogP contribution in [0.25, 0.3) is 0 Å². The standard InChI is InChI=1S/C15H12ClF6N5O3/c16-8-1-3-9(4-2-8)26-27-13(28)25-12-23-10(29-6-14(17,18)19)5-11(24-12)30-7-15(20,21)22/h1-5,26H,6-7H2,(H2,23,24,25,27,28). The Morgan fingerprint density at radius 3 is 1.90 bits per heavy atom. The summed E-state index contributed by atoms with van der Waals surface area (Å²) in [7, 11) is 0. The van der Waals surface area contributed by atoms with Crippen molar-refractivity contribution < 1.29 is 40.6 Å². The third kappa shape index (κ3) is 8.89. The monoisotopic (exact) mass is 459 g/mol. The van der Waals surface area contributed by atoms with Crippen molar-refractivity contribution in [3.8, 4) is 11.8 Å². The molecule has 2 rings (SSSR count).